The van der Waals surface area contributed by atoms with Gasteiger partial charge in [0.25, 0.3) is 0 Å². The zero-order chi connectivity index (χ0) is 16.9. The summed E-state index contributed by atoms with van der Waals surface area (Å²) in [6.07, 6.45) is 11.5. The minimum atomic E-state index is 0.479. The zero-order valence-corrected chi connectivity index (χ0v) is 16.4. The van der Waals surface area contributed by atoms with Gasteiger partial charge in [0.15, 0.2) is 0 Å². The minimum Gasteiger partial charge on any atom is -0.378 e. The summed E-state index contributed by atoms with van der Waals surface area (Å²) >= 11 is 0. The van der Waals surface area contributed by atoms with Crippen LogP contribution >= 0.6 is 0 Å². The first-order chi connectivity index (χ1) is 11.1. The standard InChI is InChI=1S/C9H17NO.C9H17N.C2H6/c1-8(2)10-5-6-11-7-9(10)3-4-9;1-10-8-4-2-3-5-9(10)6-7-9;1-2/h8H,3-7H2,1-2H3;2-8H2,1H3;1-2H3. The third-order valence-corrected chi connectivity index (χ3v) is 6.18. The van der Waals surface area contributed by atoms with Gasteiger partial charge in [-0.25, -0.2) is 0 Å². The van der Waals surface area contributed by atoms with Crippen molar-refractivity contribution in [1.29, 1.82) is 0 Å². The number of nitrogens with zero attached hydrogens (tertiary/aromatic N) is 2. The number of likely N-dealkylation sites (tertiary alicyclic amines) is 1. The predicted octanol–water partition coefficient (Wildman–Crippen LogP) is 4.31. The Balaban J connectivity index is 0.000000152. The minimum absolute atomic E-state index is 0.479. The van der Waals surface area contributed by atoms with Crippen molar-refractivity contribution in [2.24, 2.45) is 0 Å². The Kier molecular flexibility index (Phi) is 6.94. The lowest BCUT2D eigenvalue weighted by molar-refractivity contribution is -0.0350. The van der Waals surface area contributed by atoms with Gasteiger partial charge in [-0.05, 0) is 66.0 Å². The molecule has 0 radical (unpaired) electrons. The molecular formula is C20H40N2O. The van der Waals surface area contributed by atoms with Gasteiger partial charge >= 0.3 is 0 Å². The molecule has 2 aliphatic carbocycles. The van der Waals surface area contributed by atoms with Gasteiger partial charge in [-0.2, -0.15) is 0 Å². The quantitative estimate of drug-likeness (QED) is 0.715. The third kappa shape index (κ3) is 4.70. The topological polar surface area (TPSA) is 15.7 Å². The lowest BCUT2D eigenvalue weighted by Gasteiger charge is -2.38. The fourth-order valence-electron chi connectivity index (χ4n) is 4.31. The van der Waals surface area contributed by atoms with Crippen LogP contribution in [0.3, 0.4) is 0 Å². The fourth-order valence-corrected chi connectivity index (χ4v) is 4.31. The number of morpholine rings is 1. The summed E-state index contributed by atoms with van der Waals surface area (Å²) in [7, 11) is 2.30. The van der Waals surface area contributed by atoms with Crippen LogP contribution in [0.1, 0.15) is 79.1 Å². The number of hydrogen-bond donors (Lipinski definition) is 0. The monoisotopic (exact) mass is 324 g/mol. The first-order valence-electron chi connectivity index (χ1n) is 10.1. The molecule has 4 fully saturated rings. The van der Waals surface area contributed by atoms with E-state index in [1.54, 1.807) is 0 Å². The van der Waals surface area contributed by atoms with Crippen LogP contribution in [0, 0.1) is 0 Å². The molecule has 0 aromatic heterocycles. The Morgan fingerprint density at radius 2 is 1.48 bits per heavy atom. The molecule has 2 saturated heterocycles. The van der Waals surface area contributed by atoms with E-state index in [-0.39, 0.29) is 0 Å². The van der Waals surface area contributed by atoms with Crippen LogP contribution in [0.2, 0.25) is 0 Å². The smallest absolute Gasteiger partial charge is 0.0651 e. The lowest BCUT2D eigenvalue weighted by atomic mass is 10.1. The second kappa shape index (κ2) is 8.31. The summed E-state index contributed by atoms with van der Waals surface area (Å²) in [6, 6.07) is 0.696. The molecule has 0 amide bonds. The van der Waals surface area contributed by atoms with Gasteiger partial charge < -0.3 is 9.64 Å². The van der Waals surface area contributed by atoms with Gasteiger partial charge in [0, 0.05) is 23.7 Å². The van der Waals surface area contributed by atoms with Gasteiger partial charge in [-0.1, -0.05) is 26.7 Å². The van der Waals surface area contributed by atoms with Crippen molar-refractivity contribution >= 4 is 0 Å². The van der Waals surface area contributed by atoms with Crippen LogP contribution < -0.4 is 0 Å². The van der Waals surface area contributed by atoms with Crippen LogP contribution in [0.4, 0.5) is 0 Å². The van der Waals surface area contributed by atoms with Gasteiger partial charge in [0.2, 0.25) is 0 Å². The molecule has 23 heavy (non-hydrogen) atoms. The predicted molar refractivity (Wildman–Crippen MR) is 99.0 cm³/mol. The largest absolute Gasteiger partial charge is 0.378 e. The highest BCUT2D eigenvalue weighted by atomic mass is 16.5. The van der Waals surface area contributed by atoms with E-state index < -0.39 is 0 Å². The Bertz CT molecular complexity index is 348. The lowest BCUT2D eigenvalue weighted by Crippen LogP contribution is -2.50. The van der Waals surface area contributed by atoms with Gasteiger partial charge in [0.1, 0.15) is 0 Å². The summed E-state index contributed by atoms with van der Waals surface area (Å²) in [6.45, 7) is 13.0. The van der Waals surface area contributed by atoms with Crippen molar-refractivity contribution in [3.8, 4) is 0 Å². The molecule has 0 unspecified atom stereocenters. The highest BCUT2D eigenvalue weighted by molar-refractivity contribution is 5.06. The van der Waals surface area contributed by atoms with Crippen LogP contribution in [-0.2, 0) is 4.74 Å². The number of hydrogen-bond acceptors (Lipinski definition) is 3. The summed E-state index contributed by atoms with van der Waals surface area (Å²) in [5.41, 5.74) is 1.18. The van der Waals surface area contributed by atoms with Crippen molar-refractivity contribution in [3.05, 3.63) is 0 Å². The second-order valence-corrected chi connectivity index (χ2v) is 8.02. The molecule has 0 N–H and O–H groups in total. The van der Waals surface area contributed by atoms with E-state index in [0.29, 0.717) is 17.1 Å². The molecule has 0 atom stereocenters. The van der Waals surface area contributed by atoms with E-state index >= 15 is 0 Å². The SMILES string of the molecule is CC.CC(C)N1CCOCC12CC2.CN1CCCCCC12CC2. The van der Waals surface area contributed by atoms with Crippen molar-refractivity contribution < 1.29 is 4.74 Å². The molecule has 3 nitrogen and oxygen atoms in total. The van der Waals surface area contributed by atoms with Gasteiger partial charge in [-0.3, -0.25) is 4.90 Å². The molecule has 136 valence electrons. The first-order valence-corrected chi connectivity index (χ1v) is 10.1. The van der Waals surface area contributed by atoms with Crippen LogP contribution in [0.5, 0.6) is 0 Å². The van der Waals surface area contributed by atoms with Crippen LogP contribution in [0.15, 0.2) is 0 Å². The molecule has 0 bridgehead atoms. The summed E-state index contributed by atoms with van der Waals surface area (Å²) in [4.78, 5) is 5.20. The van der Waals surface area contributed by atoms with Crippen molar-refractivity contribution in [2.75, 3.05) is 33.4 Å². The van der Waals surface area contributed by atoms with E-state index in [2.05, 4.69) is 30.7 Å². The molecule has 0 aromatic carbocycles. The van der Waals surface area contributed by atoms with E-state index in [0.717, 1.165) is 19.8 Å². The molecule has 2 aliphatic heterocycles. The summed E-state index contributed by atoms with van der Waals surface area (Å²) in [5.74, 6) is 0. The molecule has 3 heteroatoms. The Morgan fingerprint density at radius 3 is 2.00 bits per heavy atom. The van der Waals surface area contributed by atoms with Gasteiger partial charge in [-0.15, -0.1) is 0 Å². The molecule has 4 rings (SSSR count). The van der Waals surface area contributed by atoms with E-state index in [9.17, 15) is 0 Å². The molecule has 4 aliphatic rings. The average Bonchev–Trinajstić information content (AvgIpc) is 3.47. The van der Waals surface area contributed by atoms with E-state index in [1.165, 1.54) is 57.9 Å². The molecular weight excluding hydrogens is 284 g/mol. The van der Waals surface area contributed by atoms with Crippen molar-refractivity contribution in [1.82, 2.24) is 9.80 Å². The fraction of sp³-hybridized carbons (Fsp3) is 1.00. The Hall–Kier alpha value is -0.120. The van der Waals surface area contributed by atoms with Gasteiger partial charge in [0.05, 0.1) is 13.2 Å². The van der Waals surface area contributed by atoms with Crippen LogP contribution in [-0.4, -0.2) is 60.3 Å². The van der Waals surface area contributed by atoms with Crippen molar-refractivity contribution in [2.45, 2.75) is 96.2 Å². The van der Waals surface area contributed by atoms with E-state index in [4.69, 9.17) is 4.74 Å². The average molecular weight is 325 g/mol. The first kappa shape index (κ1) is 19.2. The zero-order valence-electron chi connectivity index (χ0n) is 16.4. The molecule has 0 aromatic rings. The second-order valence-electron chi connectivity index (χ2n) is 8.02. The highest BCUT2D eigenvalue weighted by Gasteiger charge is 2.50. The Labute approximate surface area is 144 Å². The number of rotatable bonds is 1. The highest BCUT2D eigenvalue weighted by Crippen LogP contribution is 2.46. The summed E-state index contributed by atoms with van der Waals surface area (Å²) in [5, 5.41) is 0. The number of ether oxygens (including phenoxy) is 1. The third-order valence-electron chi connectivity index (χ3n) is 6.18. The Morgan fingerprint density at radius 1 is 0.826 bits per heavy atom. The van der Waals surface area contributed by atoms with Crippen LogP contribution in [0.25, 0.3) is 0 Å². The maximum atomic E-state index is 5.49. The molecule has 2 saturated carbocycles. The maximum Gasteiger partial charge on any atom is 0.0651 e. The molecule has 2 heterocycles. The maximum absolute atomic E-state index is 5.49. The van der Waals surface area contributed by atoms with E-state index in [1.807, 2.05) is 13.8 Å². The summed E-state index contributed by atoms with van der Waals surface area (Å²) < 4.78 is 5.49. The molecule has 2 spiro atoms. The van der Waals surface area contributed by atoms with Crippen molar-refractivity contribution in [3.63, 3.8) is 0 Å². The normalized spacial score (nSPS) is 28.4.